The van der Waals surface area contributed by atoms with Crippen LogP contribution in [0.4, 0.5) is 5.69 Å². The maximum absolute atomic E-state index is 13.6. The summed E-state index contributed by atoms with van der Waals surface area (Å²) < 4.78 is 0. The summed E-state index contributed by atoms with van der Waals surface area (Å²) in [4.78, 5) is 28.2. The van der Waals surface area contributed by atoms with Crippen LogP contribution in [0.3, 0.4) is 0 Å². The van der Waals surface area contributed by atoms with Crippen molar-refractivity contribution in [2.24, 2.45) is 0 Å². The van der Waals surface area contributed by atoms with Gasteiger partial charge >= 0.3 is 5.97 Å². The number of carboxylic acid groups (broad SMARTS) is 1. The van der Waals surface area contributed by atoms with Crippen molar-refractivity contribution >= 4 is 28.9 Å². The minimum Gasteiger partial charge on any atom is -0.477 e. The number of anilines is 1. The second kappa shape index (κ2) is 8.21. The molecule has 1 aromatic heterocycles. The van der Waals surface area contributed by atoms with E-state index in [1.165, 1.54) is 11.3 Å². The van der Waals surface area contributed by atoms with Gasteiger partial charge in [-0.15, -0.1) is 11.3 Å². The van der Waals surface area contributed by atoms with Gasteiger partial charge in [0.05, 0.1) is 5.69 Å². The summed E-state index contributed by atoms with van der Waals surface area (Å²) in [6, 6.07) is 15.2. The van der Waals surface area contributed by atoms with Crippen LogP contribution >= 0.6 is 11.3 Å². The molecule has 0 spiro atoms. The van der Waals surface area contributed by atoms with E-state index >= 15 is 0 Å². The predicted molar refractivity (Wildman–Crippen MR) is 119 cm³/mol. The first-order valence-corrected chi connectivity index (χ1v) is 10.4. The van der Waals surface area contributed by atoms with Crippen molar-refractivity contribution < 1.29 is 14.7 Å². The highest BCUT2D eigenvalue weighted by Crippen LogP contribution is 2.38. The molecule has 5 heteroatoms. The Balaban J connectivity index is 2.16. The van der Waals surface area contributed by atoms with E-state index < -0.39 is 5.97 Å². The molecule has 0 atom stereocenters. The van der Waals surface area contributed by atoms with Gasteiger partial charge in [-0.1, -0.05) is 48.0 Å². The Morgan fingerprint density at radius 2 is 1.55 bits per heavy atom. The van der Waals surface area contributed by atoms with Crippen molar-refractivity contribution in [2.75, 3.05) is 4.90 Å². The quantitative estimate of drug-likeness (QED) is 0.556. The van der Waals surface area contributed by atoms with Crippen molar-refractivity contribution in [3.05, 3.63) is 75.7 Å². The third kappa shape index (κ3) is 4.10. The Hall–Kier alpha value is -2.92. The number of benzene rings is 2. The molecule has 1 heterocycles. The van der Waals surface area contributed by atoms with Crippen LogP contribution in [0.25, 0.3) is 10.4 Å². The van der Waals surface area contributed by atoms with Gasteiger partial charge in [-0.25, -0.2) is 4.79 Å². The number of aryl methyl sites for hydroxylation is 3. The van der Waals surface area contributed by atoms with E-state index in [-0.39, 0.29) is 16.8 Å². The smallest absolute Gasteiger partial charge is 0.348 e. The Bertz CT molecular complexity index is 1040. The largest absolute Gasteiger partial charge is 0.477 e. The Morgan fingerprint density at radius 1 is 0.966 bits per heavy atom. The first-order chi connectivity index (χ1) is 13.7. The minimum atomic E-state index is -1.03. The number of hydrogen-bond donors (Lipinski definition) is 1. The number of nitrogens with zero attached hydrogens (tertiary/aromatic N) is 1. The van der Waals surface area contributed by atoms with E-state index in [9.17, 15) is 14.7 Å². The molecular formula is C24H25NO3S. The van der Waals surface area contributed by atoms with Crippen molar-refractivity contribution in [2.45, 2.75) is 40.7 Å². The number of aromatic carboxylic acids is 1. The molecule has 0 saturated heterocycles. The average molecular weight is 408 g/mol. The lowest BCUT2D eigenvalue weighted by molar-refractivity contribution is 0.0703. The van der Waals surface area contributed by atoms with E-state index in [4.69, 9.17) is 0 Å². The zero-order chi connectivity index (χ0) is 21.3. The zero-order valence-electron chi connectivity index (χ0n) is 17.3. The van der Waals surface area contributed by atoms with Crippen LogP contribution in [-0.4, -0.2) is 23.0 Å². The summed E-state index contributed by atoms with van der Waals surface area (Å²) in [6.45, 7) is 9.66. The normalized spacial score (nSPS) is 11.0. The zero-order valence-corrected chi connectivity index (χ0v) is 18.1. The second-order valence-electron chi connectivity index (χ2n) is 7.54. The van der Waals surface area contributed by atoms with Crippen LogP contribution in [-0.2, 0) is 0 Å². The lowest BCUT2D eigenvalue weighted by atomic mass is 9.98. The van der Waals surface area contributed by atoms with Crippen LogP contribution in [0.15, 0.2) is 48.5 Å². The van der Waals surface area contributed by atoms with Gasteiger partial charge < -0.3 is 10.0 Å². The number of hydrogen-bond acceptors (Lipinski definition) is 3. The number of carboxylic acids is 1. The Morgan fingerprint density at radius 3 is 2.07 bits per heavy atom. The highest BCUT2D eigenvalue weighted by Gasteiger charge is 2.29. The monoisotopic (exact) mass is 407 g/mol. The topological polar surface area (TPSA) is 57.6 Å². The lowest BCUT2D eigenvalue weighted by Gasteiger charge is -2.28. The van der Waals surface area contributed by atoms with Crippen LogP contribution in [0.5, 0.6) is 0 Å². The highest BCUT2D eigenvalue weighted by molar-refractivity contribution is 7.18. The lowest BCUT2D eigenvalue weighted by Crippen LogP contribution is -2.38. The van der Waals surface area contributed by atoms with Gasteiger partial charge in [0.1, 0.15) is 4.88 Å². The molecule has 0 bridgehead atoms. The SMILES string of the molecule is Cc1cc(C)c(C(=O)N(c2cc(-c3ccccc3)sc2C(=O)O)C(C)C)c(C)c1. The molecule has 1 amide bonds. The predicted octanol–water partition coefficient (Wildman–Crippen LogP) is 6.09. The van der Waals surface area contributed by atoms with Crippen molar-refractivity contribution in [1.29, 1.82) is 0 Å². The van der Waals surface area contributed by atoms with Crippen molar-refractivity contribution in [1.82, 2.24) is 0 Å². The molecule has 0 radical (unpaired) electrons. The summed E-state index contributed by atoms with van der Waals surface area (Å²) in [5.74, 6) is -1.20. The number of amides is 1. The summed E-state index contributed by atoms with van der Waals surface area (Å²) in [6.07, 6.45) is 0. The van der Waals surface area contributed by atoms with E-state index in [0.717, 1.165) is 27.1 Å². The molecule has 3 rings (SSSR count). The third-order valence-electron chi connectivity index (χ3n) is 4.85. The molecule has 0 aliphatic heterocycles. The van der Waals surface area contributed by atoms with Gasteiger partial charge in [0.15, 0.2) is 0 Å². The molecule has 4 nitrogen and oxygen atoms in total. The third-order valence-corrected chi connectivity index (χ3v) is 6.01. The van der Waals surface area contributed by atoms with E-state index in [2.05, 4.69) is 0 Å². The maximum atomic E-state index is 13.6. The summed E-state index contributed by atoms with van der Waals surface area (Å²) >= 11 is 1.20. The molecule has 150 valence electrons. The maximum Gasteiger partial charge on any atom is 0.348 e. The van der Waals surface area contributed by atoms with Gasteiger partial charge in [0.25, 0.3) is 5.91 Å². The number of thiophene rings is 1. The average Bonchev–Trinajstić information content (AvgIpc) is 3.06. The molecule has 29 heavy (non-hydrogen) atoms. The molecule has 0 unspecified atom stereocenters. The van der Waals surface area contributed by atoms with Gasteiger partial charge in [-0.05, 0) is 57.4 Å². The van der Waals surface area contributed by atoms with Gasteiger partial charge in [0, 0.05) is 16.5 Å². The molecule has 2 aromatic carbocycles. The second-order valence-corrected chi connectivity index (χ2v) is 8.59. The summed E-state index contributed by atoms with van der Waals surface area (Å²) in [7, 11) is 0. The molecule has 0 aliphatic rings. The summed E-state index contributed by atoms with van der Waals surface area (Å²) in [5.41, 5.74) is 4.90. The summed E-state index contributed by atoms with van der Waals surface area (Å²) in [5, 5.41) is 9.83. The van der Waals surface area contributed by atoms with Crippen molar-refractivity contribution in [3.63, 3.8) is 0 Å². The fourth-order valence-electron chi connectivity index (χ4n) is 3.72. The van der Waals surface area contributed by atoms with Crippen molar-refractivity contribution in [3.8, 4) is 10.4 Å². The van der Waals surface area contributed by atoms with E-state index in [1.807, 2.05) is 83.1 Å². The van der Waals surface area contributed by atoms with Crippen LogP contribution in [0, 0.1) is 20.8 Å². The molecular weight excluding hydrogens is 382 g/mol. The van der Waals surface area contributed by atoms with E-state index in [1.54, 1.807) is 4.90 Å². The van der Waals surface area contributed by atoms with E-state index in [0.29, 0.717) is 11.3 Å². The number of carbonyl (C=O) groups excluding carboxylic acids is 1. The van der Waals surface area contributed by atoms with Gasteiger partial charge in [0.2, 0.25) is 0 Å². The van der Waals surface area contributed by atoms with Crippen LogP contribution < -0.4 is 4.90 Å². The van der Waals surface area contributed by atoms with Crippen LogP contribution in [0.2, 0.25) is 0 Å². The molecule has 1 N–H and O–H groups in total. The molecule has 0 fully saturated rings. The number of rotatable bonds is 5. The molecule has 0 saturated carbocycles. The molecule has 0 aliphatic carbocycles. The number of carbonyl (C=O) groups is 2. The first-order valence-electron chi connectivity index (χ1n) is 9.54. The molecule has 3 aromatic rings. The Labute approximate surface area is 175 Å². The van der Waals surface area contributed by atoms with Gasteiger partial charge in [-0.2, -0.15) is 0 Å². The van der Waals surface area contributed by atoms with Gasteiger partial charge in [-0.3, -0.25) is 4.79 Å². The Kier molecular flexibility index (Phi) is 5.89. The standard InChI is InChI=1S/C24H25NO3S/c1-14(2)25(23(26)21-16(4)11-15(3)12-17(21)5)19-13-20(29-22(19)24(27)28)18-9-7-6-8-10-18/h6-14H,1-5H3,(H,27,28). The fraction of sp³-hybridized carbons (Fsp3) is 0.250. The minimum absolute atomic E-state index is 0.171. The fourth-order valence-corrected chi connectivity index (χ4v) is 4.71. The van der Waals surface area contributed by atoms with Crippen LogP contribution in [0.1, 0.15) is 50.6 Å². The highest BCUT2D eigenvalue weighted by atomic mass is 32.1. The first kappa shape index (κ1) is 20.8.